The molecule has 37 heavy (non-hydrogen) atoms. The van der Waals surface area contributed by atoms with E-state index in [0.29, 0.717) is 49.8 Å². The number of carbonyl (C=O) groups excluding carboxylic acids is 2. The maximum absolute atomic E-state index is 13.3. The quantitative estimate of drug-likeness (QED) is 0.208. The number of nitrogens with zero attached hydrogens (tertiary/aromatic N) is 2. The number of ether oxygens (including phenoxy) is 3. The lowest BCUT2D eigenvalue weighted by Crippen LogP contribution is -2.32. The van der Waals surface area contributed by atoms with E-state index in [9.17, 15) is 14.7 Å². The number of Topliss-reactive ketones (excluding diaryl/α,β-unsaturated/α-hetero) is 1. The van der Waals surface area contributed by atoms with Gasteiger partial charge in [-0.3, -0.25) is 9.59 Å². The fourth-order valence-electron chi connectivity index (χ4n) is 4.65. The zero-order valence-electron chi connectivity index (χ0n) is 21.9. The number of unbranched alkanes of at least 4 members (excludes halogenated alkanes) is 2. The predicted molar refractivity (Wildman–Crippen MR) is 141 cm³/mol. The summed E-state index contributed by atoms with van der Waals surface area (Å²) in [7, 11) is 3.93. The van der Waals surface area contributed by atoms with Gasteiger partial charge < -0.3 is 29.1 Å². The molecule has 0 aliphatic carbocycles. The van der Waals surface area contributed by atoms with E-state index < -0.39 is 17.7 Å². The van der Waals surface area contributed by atoms with E-state index in [0.717, 1.165) is 37.1 Å². The number of hydrogen-bond acceptors (Lipinski definition) is 7. The number of aliphatic hydroxyl groups is 1. The van der Waals surface area contributed by atoms with Crippen LogP contribution in [-0.2, 0) is 9.59 Å². The van der Waals surface area contributed by atoms with Crippen molar-refractivity contribution in [1.82, 2.24) is 9.80 Å². The number of aliphatic hydroxyl groups excluding tert-OH is 1. The molecule has 1 N–H and O–H groups in total. The second-order valence-corrected chi connectivity index (χ2v) is 9.63. The Balaban J connectivity index is 1.68. The molecule has 2 aromatic rings. The Bertz CT molecular complexity index is 1140. The van der Waals surface area contributed by atoms with Crippen molar-refractivity contribution in [1.29, 1.82) is 0 Å². The Hall–Kier alpha value is -3.52. The third-order valence-corrected chi connectivity index (χ3v) is 6.57. The summed E-state index contributed by atoms with van der Waals surface area (Å²) in [5.41, 5.74) is 1.21. The van der Waals surface area contributed by atoms with Crippen molar-refractivity contribution >= 4 is 17.4 Å². The Morgan fingerprint density at radius 1 is 1.03 bits per heavy atom. The van der Waals surface area contributed by atoms with E-state index in [1.807, 2.05) is 43.3 Å². The van der Waals surface area contributed by atoms with Crippen LogP contribution in [0.15, 0.2) is 48.0 Å². The molecular formula is C29H36N2O6. The Morgan fingerprint density at radius 2 is 1.76 bits per heavy atom. The molecule has 0 radical (unpaired) electrons. The fourth-order valence-corrected chi connectivity index (χ4v) is 4.65. The number of hydrogen-bond donors (Lipinski definition) is 1. The molecule has 2 heterocycles. The van der Waals surface area contributed by atoms with E-state index in [1.54, 1.807) is 23.1 Å². The van der Waals surface area contributed by atoms with Gasteiger partial charge >= 0.3 is 0 Å². The molecule has 1 amide bonds. The first-order valence-corrected chi connectivity index (χ1v) is 13.0. The molecule has 0 spiro atoms. The lowest BCUT2D eigenvalue weighted by molar-refractivity contribution is -0.139. The van der Waals surface area contributed by atoms with Gasteiger partial charge in [0.25, 0.3) is 11.7 Å². The van der Waals surface area contributed by atoms with Crippen LogP contribution in [0.2, 0.25) is 0 Å². The average molecular weight is 509 g/mol. The second kappa shape index (κ2) is 12.1. The summed E-state index contributed by atoms with van der Waals surface area (Å²) in [5.74, 6) is 0.283. The molecule has 1 fully saturated rings. The van der Waals surface area contributed by atoms with E-state index in [2.05, 4.69) is 6.92 Å². The summed E-state index contributed by atoms with van der Waals surface area (Å²) < 4.78 is 17.1. The molecule has 1 atom stereocenters. The average Bonchev–Trinajstić information content (AvgIpc) is 3.15. The molecule has 8 nitrogen and oxygen atoms in total. The van der Waals surface area contributed by atoms with Crippen molar-refractivity contribution in [3.63, 3.8) is 0 Å². The van der Waals surface area contributed by atoms with Crippen LogP contribution >= 0.6 is 0 Å². The Morgan fingerprint density at radius 3 is 2.46 bits per heavy atom. The standard InChI is InChI=1S/C29H36N2O6/c1-4-5-6-16-35-22-11-8-20(9-12-22)26-25(28(33)29(34)31(26)15-7-14-30(2)3)27(32)21-10-13-23-24(19-21)37-18-17-36-23/h8-13,19,26,32H,4-7,14-18H2,1-3H3. The lowest BCUT2D eigenvalue weighted by atomic mass is 9.95. The molecular weight excluding hydrogens is 472 g/mol. The van der Waals surface area contributed by atoms with Crippen LogP contribution in [0.25, 0.3) is 5.76 Å². The van der Waals surface area contributed by atoms with Crippen molar-refractivity contribution in [3.8, 4) is 17.2 Å². The summed E-state index contributed by atoms with van der Waals surface area (Å²) in [6.07, 6.45) is 3.91. The van der Waals surface area contributed by atoms with E-state index in [4.69, 9.17) is 14.2 Å². The van der Waals surface area contributed by atoms with Gasteiger partial charge in [-0.25, -0.2) is 0 Å². The highest BCUT2D eigenvalue weighted by Gasteiger charge is 2.45. The molecule has 2 aliphatic heterocycles. The van der Waals surface area contributed by atoms with Crippen LogP contribution in [0.3, 0.4) is 0 Å². The molecule has 4 rings (SSSR count). The third-order valence-electron chi connectivity index (χ3n) is 6.57. The van der Waals surface area contributed by atoms with Crippen LogP contribution in [0.4, 0.5) is 0 Å². The van der Waals surface area contributed by atoms with Crippen molar-refractivity contribution in [3.05, 3.63) is 59.2 Å². The number of benzene rings is 2. The van der Waals surface area contributed by atoms with Gasteiger partial charge in [0.2, 0.25) is 0 Å². The minimum absolute atomic E-state index is 0.0724. The topological polar surface area (TPSA) is 88.5 Å². The molecule has 8 heteroatoms. The highest BCUT2D eigenvalue weighted by Crippen LogP contribution is 2.41. The normalized spacial score (nSPS) is 18.5. The fraction of sp³-hybridized carbons (Fsp3) is 0.448. The monoisotopic (exact) mass is 508 g/mol. The van der Waals surface area contributed by atoms with Gasteiger partial charge in [-0.1, -0.05) is 31.9 Å². The van der Waals surface area contributed by atoms with Gasteiger partial charge in [0.15, 0.2) is 11.5 Å². The van der Waals surface area contributed by atoms with E-state index in [-0.39, 0.29) is 11.3 Å². The summed E-state index contributed by atoms with van der Waals surface area (Å²) in [6, 6.07) is 11.8. The summed E-state index contributed by atoms with van der Waals surface area (Å²) in [4.78, 5) is 30.0. The van der Waals surface area contributed by atoms with Crippen LogP contribution in [0, 0.1) is 0 Å². The highest BCUT2D eigenvalue weighted by molar-refractivity contribution is 6.46. The number of amides is 1. The molecule has 0 aromatic heterocycles. The predicted octanol–water partition coefficient (Wildman–Crippen LogP) is 4.40. The zero-order valence-corrected chi connectivity index (χ0v) is 21.9. The number of rotatable bonds is 11. The summed E-state index contributed by atoms with van der Waals surface area (Å²) in [5, 5.41) is 11.3. The molecule has 0 bridgehead atoms. The molecule has 0 saturated carbocycles. The smallest absolute Gasteiger partial charge is 0.295 e. The third kappa shape index (κ3) is 6.07. The van der Waals surface area contributed by atoms with Gasteiger partial charge in [-0.2, -0.15) is 0 Å². The van der Waals surface area contributed by atoms with Crippen LogP contribution < -0.4 is 14.2 Å². The first-order chi connectivity index (χ1) is 17.9. The molecule has 1 unspecified atom stereocenters. The van der Waals surface area contributed by atoms with Crippen LogP contribution in [-0.4, -0.2) is 73.6 Å². The number of likely N-dealkylation sites (tertiary alicyclic amines) is 1. The van der Waals surface area contributed by atoms with Gasteiger partial charge in [0.1, 0.15) is 24.7 Å². The number of ketones is 1. The molecule has 2 aromatic carbocycles. The first-order valence-electron chi connectivity index (χ1n) is 13.0. The highest BCUT2D eigenvalue weighted by atomic mass is 16.6. The van der Waals surface area contributed by atoms with Crippen molar-refractivity contribution in [2.24, 2.45) is 0 Å². The van der Waals surface area contributed by atoms with E-state index >= 15 is 0 Å². The summed E-state index contributed by atoms with van der Waals surface area (Å²) in [6.45, 7) is 4.80. The minimum atomic E-state index is -0.704. The lowest BCUT2D eigenvalue weighted by Gasteiger charge is -2.26. The molecule has 198 valence electrons. The second-order valence-electron chi connectivity index (χ2n) is 9.63. The SMILES string of the molecule is CCCCCOc1ccc(C2C(=C(O)c3ccc4c(c3)OCCO4)C(=O)C(=O)N2CCCN(C)C)cc1. The maximum Gasteiger partial charge on any atom is 0.295 e. The number of carbonyl (C=O) groups is 2. The van der Waals surface area contributed by atoms with Crippen molar-refractivity contribution in [2.45, 2.75) is 38.6 Å². The van der Waals surface area contributed by atoms with E-state index in [1.165, 1.54) is 0 Å². The zero-order chi connectivity index (χ0) is 26.4. The number of fused-ring (bicyclic) bond motifs is 1. The maximum atomic E-state index is 13.3. The minimum Gasteiger partial charge on any atom is -0.507 e. The Kier molecular flexibility index (Phi) is 8.71. The molecule has 1 saturated heterocycles. The van der Waals surface area contributed by atoms with Gasteiger partial charge in [-0.15, -0.1) is 0 Å². The first kappa shape index (κ1) is 26.5. The van der Waals surface area contributed by atoms with Gasteiger partial charge in [0.05, 0.1) is 18.2 Å². The molecule has 2 aliphatic rings. The van der Waals surface area contributed by atoms with Gasteiger partial charge in [0, 0.05) is 12.1 Å². The summed E-state index contributed by atoms with van der Waals surface area (Å²) >= 11 is 0. The Labute approximate surface area is 218 Å². The van der Waals surface area contributed by atoms with Crippen molar-refractivity contribution in [2.75, 3.05) is 47.0 Å². The van der Waals surface area contributed by atoms with Crippen LogP contribution in [0.1, 0.15) is 49.8 Å². The van der Waals surface area contributed by atoms with Gasteiger partial charge in [-0.05, 0) is 69.4 Å². The largest absolute Gasteiger partial charge is 0.507 e. The van der Waals surface area contributed by atoms with Crippen LogP contribution in [0.5, 0.6) is 17.2 Å². The van der Waals surface area contributed by atoms with Crippen molar-refractivity contribution < 1.29 is 28.9 Å².